The number of hydrogen-bond acceptors (Lipinski definition) is 8. The molecule has 0 aliphatic carbocycles. The number of aliphatic hydroxyl groups is 1. The highest BCUT2D eigenvalue weighted by Crippen LogP contribution is 2.36. The molecule has 1 fully saturated rings. The largest absolute Gasteiger partial charge is 0.496 e. The van der Waals surface area contributed by atoms with E-state index in [0.717, 1.165) is 28.1 Å². The molecule has 4 aromatic rings. The van der Waals surface area contributed by atoms with Gasteiger partial charge in [0.15, 0.2) is 11.6 Å². The molecule has 0 spiro atoms. The maximum atomic E-state index is 14.6. The summed E-state index contributed by atoms with van der Waals surface area (Å²) in [6.45, 7) is 2.42. The molecule has 3 N–H and O–H groups in total. The van der Waals surface area contributed by atoms with Gasteiger partial charge in [-0.25, -0.2) is 19.3 Å². The number of nitrogens with zero attached hydrogens (tertiary/aromatic N) is 5. The van der Waals surface area contributed by atoms with Gasteiger partial charge in [0.25, 0.3) is 0 Å². The molecule has 2 aromatic carbocycles. The molecule has 37 heavy (non-hydrogen) atoms. The molecule has 5 rings (SSSR count). The number of carbonyl (C=O) groups excluding carboxylic acids is 1. The molecule has 0 bridgehead atoms. The van der Waals surface area contributed by atoms with Crippen LogP contribution in [0.2, 0.25) is 0 Å². The number of anilines is 1. The molecule has 1 saturated heterocycles. The Morgan fingerprint density at radius 3 is 2.81 bits per heavy atom. The maximum absolute atomic E-state index is 14.6. The second kappa shape index (κ2) is 9.87. The average Bonchev–Trinajstić information content (AvgIpc) is 3.41. The fraction of sp³-hybridized carbons (Fsp3) is 0.333. The Morgan fingerprint density at radius 2 is 2.05 bits per heavy atom. The monoisotopic (exact) mass is 504 g/mol. The van der Waals surface area contributed by atoms with E-state index >= 15 is 0 Å². The summed E-state index contributed by atoms with van der Waals surface area (Å²) in [5.74, 6) is 0.396. The third kappa shape index (κ3) is 4.42. The van der Waals surface area contributed by atoms with Crippen LogP contribution in [0.1, 0.15) is 28.3 Å². The van der Waals surface area contributed by atoms with Crippen LogP contribution < -0.4 is 15.4 Å². The van der Waals surface area contributed by atoms with E-state index < -0.39 is 5.82 Å². The minimum Gasteiger partial charge on any atom is -0.496 e. The van der Waals surface area contributed by atoms with E-state index in [9.17, 15) is 14.3 Å². The van der Waals surface area contributed by atoms with Crippen molar-refractivity contribution in [1.29, 1.82) is 0 Å². The van der Waals surface area contributed by atoms with Crippen LogP contribution in [-0.4, -0.2) is 62.8 Å². The highest BCUT2D eigenvalue weighted by molar-refractivity contribution is 6.00. The van der Waals surface area contributed by atoms with Crippen molar-refractivity contribution in [1.82, 2.24) is 19.5 Å². The van der Waals surface area contributed by atoms with Crippen molar-refractivity contribution >= 4 is 22.5 Å². The molecule has 0 amide bonds. The number of benzene rings is 2. The van der Waals surface area contributed by atoms with Crippen LogP contribution in [0.4, 0.5) is 10.1 Å². The van der Waals surface area contributed by atoms with E-state index in [1.54, 1.807) is 6.07 Å². The number of methoxy groups -OCH3 is 1. The van der Waals surface area contributed by atoms with Gasteiger partial charge in [-0.05, 0) is 43.2 Å². The molecular weight excluding hydrogens is 475 g/mol. The lowest BCUT2D eigenvalue weighted by Gasteiger charge is -2.28. The van der Waals surface area contributed by atoms with Crippen molar-refractivity contribution < 1.29 is 19.0 Å². The number of halogens is 1. The lowest BCUT2D eigenvalue weighted by molar-refractivity contribution is 0.0988. The molecule has 10 heteroatoms. The highest BCUT2D eigenvalue weighted by atomic mass is 19.1. The van der Waals surface area contributed by atoms with E-state index in [1.807, 2.05) is 30.7 Å². The molecule has 2 atom stereocenters. The third-order valence-corrected chi connectivity index (χ3v) is 6.99. The van der Waals surface area contributed by atoms with Gasteiger partial charge in [-0.15, -0.1) is 0 Å². The summed E-state index contributed by atoms with van der Waals surface area (Å²) in [7, 11) is 3.38. The van der Waals surface area contributed by atoms with Crippen LogP contribution in [0, 0.1) is 12.7 Å². The second-order valence-corrected chi connectivity index (χ2v) is 9.33. The summed E-state index contributed by atoms with van der Waals surface area (Å²) < 4.78 is 21.9. The molecule has 0 radical (unpaired) electrons. The van der Waals surface area contributed by atoms with Crippen molar-refractivity contribution in [2.24, 2.45) is 12.8 Å². The summed E-state index contributed by atoms with van der Waals surface area (Å²) in [6, 6.07) is 9.56. The number of imidazole rings is 1. The quantitative estimate of drug-likeness (QED) is 0.369. The Kier molecular flexibility index (Phi) is 6.61. The summed E-state index contributed by atoms with van der Waals surface area (Å²) >= 11 is 0. The first-order valence-electron chi connectivity index (χ1n) is 12.1. The van der Waals surface area contributed by atoms with Crippen LogP contribution in [0.5, 0.6) is 5.75 Å². The number of aromatic nitrogens is 4. The van der Waals surface area contributed by atoms with E-state index in [1.165, 1.54) is 31.5 Å². The van der Waals surface area contributed by atoms with Gasteiger partial charge in [-0.2, -0.15) is 0 Å². The van der Waals surface area contributed by atoms with Crippen molar-refractivity contribution in [3.05, 3.63) is 65.5 Å². The highest BCUT2D eigenvalue weighted by Gasteiger charge is 2.33. The van der Waals surface area contributed by atoms with Crippen molar-refractivity contribution in [2.75, 3.05) is 25.2 Å². The predicted octanol–water partition coefficient (Wildman–Crippen LogP) is 2.81. The van der Waals surface area contributed by atoms with Gasteiger partial charge < -0.3 is 25.0 Å². The molecule has 1 aliphatic rings. The summed E-state index contributed by atoms with van der Waals surface area (Å²) in [5, 5.41) is 10.1. The number of carbonyl (C=O) groups is 1. The first-order valence-corrected chi connectivity index (χ1v) is 12.1. The van der Waals surface area contributed by atoms with Crippen molar-refractivity contribution in [2.45, 2.75) is 31.8 Å². The molecule has 0 unspecified atom stereocenters. The molecule has 0 saturated carbocycles. The van der Waals surface area contributed by atoms with Gasteiger partial charge in [-0.3, -0.25) is 4.79 Å². The number of aliphatic hydroxyl groups excluding tert-OH is 1. The van der Waals surface area contributed by atoms with Crippen LogP contribution in [0.3, 0.4) is 0 Å². The number of aryl methyl sites for hydroxylation is 2. The molecule has 9 nitrogen and oxygen atoms in total. The fourth-order valence-corrected chi connectivity index (χ4v) is 5.06. The number of ether oxygens (including phenoxy) is 1. The van der Waals surface area contributed by atoms with Crippen LogP contribution in [-0.2, 0) is 13.5 Å². The predicted molar refractivity (Wildman–Crippen MR) is 138 cm³/mol. The minimum atomic E-state index is -0.539. The summed E-state index contributed by atoms with van der Waals surface area (Å²) in [5.41, 5.74) is 9.76. The van der Waals surface area contributed by atoms with E-state index in [4.69, 9.17) is 15.5 Å². The lowest BCUT2D eigenvalue weighted by atomic mass is 10.0. The van der Waals surface area contributed by atoms with Gasteiger partial charge >= 0.3 is 0 Å². The smallest absolute Gasteiger partial charge is 0.185 e. The Hall–Kier alpha value is -3.89. The van der Waals surface area contributed by atoms with Gasteiger partial charge in [0, 0.05) is 32.3 Å². The van der Waals surface area contributed by atoms with Gasteiger partial charge in [0.2, 0.25) is 0 Å². The summed E-state index contributed by atoms with van der Waals surface area (Å²) in [6.07, 6.45) is 2.12. The Morgan fingerprint density at radius 1 is 1.24 bits per heavy atom. The fourth-order valence-electron chi connectivity index (χ4n) is 5.06. The van der Waals surface area contributed by atoms with E-state index in [0.29, 0.717) is 13.0 Å². The topological polar surface area (TPSA) is 119 Å². The number of fused-ring (bicyclic) bond motifs is 1. The average molecular weight is 505 g/mol. The first-order chi connectivity index (χ1) is 17.8. The maximum Gasteiger partial charge on any atom is 0.185 e. The van der Waals surface area contributed by atoms with Gasteiger partial charge in [0.05, 0.1) is 36.5 Å². The number of rotatable bonds is 7. The van der Waals surface area contributed by atoms with Gasteiger partial charge in [-0.1, -0.05) is 12.1 Å². The van der Waals surface area contributed by atoms with Gasteiger partial charge in [0.1, 0.15) is 28.6 Å². The first kappa shape index (κ1) is 24.8. The Labute approximate surface area is 213 Å². The van der Waals surface area contributed by atoms with Crippen molar-refractivity contribution in [3.63, 3.8) is 0 Å². The van der Waals surface area contributed by atoms with Crippen LogP contribution in [0.25, 0.3) is 22.4 Å². The number of hydrogen-bond donors (Lipinski definition) is 2. The normalized spacial score (nSPS) is 17.5. The lowest BCUT2D eigenvalue weighted by Crippen LogP contribution is -2.34. The minimum absolute atomic E-state index is 0.0373. The SMILES string of the molecule is COc1cccc(F)c1-c1nccc(C(=O)Cc2ccc3c(nc(C)n3C)c2N2C[C@H](N)C[C@H]2CO)n1. The zero-order valence-corrected chi connectivity index (χ0v) is 21.0. The Balaban J connectivity index is 1.56. The second-order valence-electron chi connectivity index (χ2n) is 9.33. The number of nitrogens with two attached hydrogens (primary N) is 1. The number of Topliss-reactive ketones (excluding diaryl/α,β-unsaturated/α-hetero) is 1. The molecule has 3 heterocycles. The molecule has 1 aliphatic heterocycles. The standard InChI is InChI=1S/C27H29FN6O3/c1-15-31-25-21(33(15)2)8-7-16(26(25)34-13-17(29)12-18(34)14-35)11-22(36)20-9-10-30-27(32-20)24-19(28)5-4-6-23(24)37-3/h4-10,17-18,35H,11-14,29H2,1-3H3/t17-,18+/m1/s1. The zero-order chi connectivity index (χ0) is 26.3. The summed E-state index contributed by atoms with van der Waals surface area (Å²) in [4.78, 5) is 28.9. The third-order valence-electron chi connectivity index (χ3n) is 6.99. The van der Waals surface area contributed by atoms with Crippen LogP contribution in [0.15, 0.2) is 42.6 Å². The zero-order valence-electron chi connectivity index (χ0n) is 21.0. The Bertz CT molecular complexity index is 1490. The van der Waals surface area contributed by atoms with Crippen LogP contribution >= 0.6 is 0 Å². The molecular formula is C27H29FN6O3. The molecule has 2 aromatic heterocycles. The van der Waals surface area contributed by atoms with Crippen molar-refractivity contribution in [3.8, 4) is 17.1 Å². The number of ketones is 1. The molecule has 192 valence electrons. The van der Waals surface area contributed by atoms with E-state index in [-0.39, 0.29) is 53.7 Å². The van der Waals surface area contributed by atoms with E-state index in [2.05, 4.69) is 14.9 Å².